The lowest BCUT2D eigenvalue weighted by Gasteiger charge is -1.92. The van der Waals surface area contributed by atoms with E-state index in [1.165, 1.54) is 17.1 Å². The highest BCUT2D eigenvalue weighted by molar-refractivity contribution is 6.00. The predicted octanol–water partition coefficient (Wildman–Crippen LogP) is 0.938. The quantitative estimate of drug-likeness (QED) is 0.794. The van der Waals surface area contributed by atoms with Gasteiger partial charge in [0.1, 0.15) is 5.76 Å². The summed E-state index contributed by atoms with van der Waals surface area (Å²) in [6, 6.07) is 3.49. The summed E-state index contributed by atoms with van der Waals surface area (Å²) < 4.78 is 5.04. The molecule has 1 amide bonds. The van der Waals surface area contributed by atoms with Crippen LogP contribution in [0.2, 0.25) is 0 Å². The molecule has 0 radical (unpaired) electrons. The van der Waals surface area contributed by atoms with Gasteiger partial charge >= 0.3 is 0 Å². The van der Waals surface area contributed by atoms with E-state index in [4.69, 9.17) is 4.42 Å². The third kappa shape index (κ3) is 3.00. The Morgan fingerprint density at radius 2 is 2.53 bits per heavy atom. The lowest BCUT2D eigenvalue weighted by molar-refractivity contribution is -0.111. The number of rotatable bonds is 4. The molecule has 7 nitrogen and oxygen atoms in total. The van der Waals surface area contributed by atoms with Crippen molar-refractivity contribution in [2.45, 2.75) is 13.5 Å². The zero-order valence-electron chi connectivity index (χ0n) is 9.20. The summed E-state index contributed by atoms with van der Waals surface area (Å²) in [6.07, 6.45) is 4.43. The van der Waals surface area contributed by atoms with E-state index < -0.39 is 0 Å². The van der Waals surface area contributed by atoms with Gasteiger partial charge in [-0.05, 0) is 30.3 Å². The van der Waals surface area contributed by atoms with E-state index in [-0.39, 0.29) is 11.9 Å². The number of hydrogen-bond donors (Lipinski definition) is 1. The second-order valence-corrected chi connectivity index (χ2v) is 3.14. The Labute approximate surface area is 97.1 Å². The Kier molecular flexibility index (Phi) is 3.29. The monoisotopic (exact) mass is 233 g/mol. The van der Waals surface area contributed by atoms with Crippen LogP contribution in [0.15, 0.2) is 28.9 Å². The Morgan fingerprint density at radius 3 is 3.18 bits per heavy atom. The van der Waals surface area contributed by atoms with Gasteiger partial charge in [0.05, 0.1) is 12.8 Å². The standard InChI is InChI=1S/C10H11N5O2/c1-2-15-13-10(12-14-15)11-9(16)6-5-8-4-3-7-17-8/h3-7H,2H2,1H3,(H,11,13,16)/b6-5+. The number of aromatic nitrogens is 4. The number of amides is 1. The normalized spacial score (nSPS) is 10.9. The molecule has 0 aliphatic carbocycles. The number of nitrogens with one attached hydrogen (secondary N) is 1. The zero-order chi connectivity index (χ0) is 12.1. The van der Waals surface area contributed by atoms with E-state index >= 15 is 0 Å². The van der Waals surface area contributed by atoms with Gasteiger partial charge in [-0.2, -0.15) is 4.80 Å². The van der Waals surface area contributed by atoms with Gasteiger partial charge in [0, 0.05) is 6.08 Å². The molecule has 2 aromatic rings. The molecule has 2 rings (SSSR count). The third-order valence-electron chi connectivity index (χ3n) is 1.91. The van der Waals surface area contributed by atoms with Crippen LogP contribution in [0.4, 0.5) is 5.95 Å². The molecule has 2 aromatic heterocycles. The maximum atomic E-state index is 11.4. The summed E-state index contributed by atoms with van der Waals surface area (Å²) in [6.45, 7) is 2.48. The van der Waals surface area contributed by atoms with Crippen molar-refractivity contribution in [1.82, 2.24) is 20.2 Å². The molecule has 17 heavy (non-hydrogen) atoms. The average Bonchev–Trinajstić information content (AvgIpc) is 2.97. The fourth-order valence-electron chi connectivity index (χ4n) is 1.12. The lowest BCUT2D eigenvalue weighted by Crippen LogP contribution is -2.09. The molecule has 0 aliphatic rings. The van der Waals surface area contributed by atoms with E-state index in [9.17, 15) is 4.79 Å². The number of carbonyl (C=O) groups excluding carboxylic acids is 1. The molecule has 2 heterocycles. The summed E-state index contributed by atoms with van der Waals surface area (Å²) in [5.41, 5.74) is 0. The molecule has 0 fully saturated rings. The fourth-order valence-corrected chi connectivity index (χ4v) is 1.12. The molecule has 0 aliphatic heterocycles. The molecule has 0 saturated carbocycles. The third-order valence-corrected chi connectivity index (χ3v) is 1.91. The van der Waals surface area contributed by atoms with Gasteiger partial charge in [0.25, 0.3) is 11.9 Å². The number of carbonyl (C=O) groups is 1. The van der Waals surface area contributed by atoms with E-state index in [0.717, 1.165) is 0 Å². The highest BCUT2D eigenvalue weighted by Gasteiger charge is 2.03. The molecule has 0 spiro atoms. The molecule has 0 aromatic carbocycles. The summed E-state index contributed by atoms with van der Waals surface area (Å²) in [4.78, 5) is 12.8. The van der Waals surface area contributed by atoms with Gasteiger partial charge in [0.2, 0.25) is 0 Å². The van der Waals surface area contributed by atoms with Crippen LogP contribution in [0.1, 0.15) is 12.7 Å². The zero-order valence-corrected chi connectivity index (χ0v) is 9.20. The predicted molar refractivity (Wildman–Crippen MR) is 59.9 cm³/mol. The molecule has 0 atom stereocenters. The molecular formula is C10H11N5O2. The van der Waals surface area contributed by atoms with Crippen molar-refractivity contribution in [2.75, 3.05) is 5.32 Å². The van der Waals surface area contributed by atoms with Crippen molar-refractivity contribution in [3.05, 3.63) is 30.2 Å². The molecule has 0 unspecified atom stereocenters. The van der Waals surface area contributed by atoms with E-state index in [0.29, 0.717) is 12.3 Å². The minimum atomic E-state index is -0.336. The van der Waals surface area contributed by atoms with Crippen LogP contribution in [0.3, 0.4) is 0 Å². The van der Waals surface area contributed by atoms with Gasteiger partial charge in [0.15, 0.2) is 0 Å². The van der Waals surface area contributed by atoms with Gasteiger partial charge in [-0.25, -0.2) is 0 Å². The lowest BCUT2D eigenvalue weighted by atomic mass is 10.4. The number of nitrogens with zero attached hydrogens (tertiary/aromatic N) is 4. The number of furan rings is 1. The first-order chi connectivity index (χ1) is 8.28. The number of anilines is 1. The average molecular weight is 233 g/mol. The summed E-state index contributed by atoms with van der Waals surface area (Å²) in [5.74, 6) is 0.448. The van der Waals surface area contributed by atoms with Crippen LogP contribution in [-0.2, 0) is 11.3 Å². The highest BCUT2D eigenvalue weighted by Crippen LogP contribution is 2.02. The van der Waals surface area contributed by atoms with Gasteiger partial charge in [-0.15, -0.1) is 5.10 Å². The molecule has 7 heteroatoms. The first-order valence-electron chi connectivity index (χ1n) is 5.08. The largest absolute Gasteiger partial charge is 0.465 e. The molecular weight excluding hydrogens is 222 g/mol. The summed E-state index contributed by atoms with van der Waals surface area (Å²) in [7, 11) is 0. The number of aryl methyl sites for hydroxylation is 1. The van der Waals surface area contributed by atoms with Crippen LogP contribution in [0, 0.1) is 0 Å². The number of hydrogen-bond acceptors (Lipinski definition) is 5. The van der Waals surface area contributed by atoms with Crippen molar-refractivity contribution >= 4 is 17.9 Å². The SMILES string of the molecule is CCn1nnc(NC(=O)/C=C/c2ccco2)n1. The van der Waals surface area contributed by atoms with E-state index in [1.807, 2.05) is 6.92 Å². The molecule has 88 valence electrons. The molecule has 0 bridgehead atoms. The first kappa shape index (κ1) is 11.1. The van der Waals surface area contributed by atoms with Gasteiger partial charge < -0.3 is 4.42 Å². The Hall–Kier alpha value is -2.44. The van der Waals surface area contributed by atoms with Crippen LogP contribution in [-0.4, -0.2) is 26.1 Å². The topological polar surface area (TPSA) is 85.8 Å². The van der Waals surface area contributed by atoms with Crippen LogP contribution in [0.5, 0.6) is 0 Å². The van der Waals surface area contributed by atoms with Crippen molar-refractivity contribution in [3.8, 4) is 0 Å². The van der Waals surface area contributed by atoms with Gasteiger partial charge in [-0.3, -0.25) is 10.1 Å². The number of tetrazole rings is 1. The Morgan fingerprint density at radius 1 is 1.65 bits per heavy atom. The van der Waals surface area contributed by atoms with Gasteiger partial charge in [-0.1, -0.05) is 5.10 Å². The second-order valence-electron chi connectivity index (χ2n) is 3.14. The van der Waals surface area contributed by atoms with Crippen LogP contribution < -0.4 is 5.32 Å². The van der Waals surface area contributed by atoms with E-state index in [2.05, 4.69) is 20.7 Å². The maximum absolute atomic E-state index is 11.4. The summed E-state index contributed by atoms with van der Waals surface area (Å²) >= 11 is 0. The van der Waals surface area contributed by atoms with Crippen LogP contribution in [0.25, 0.3) is 6.08 Å². The molecule has 1 N–H and O–H groups in total. The fraction of sp³-hybridized carbons (Fsp3) is 0.200. The Bertz CT molecular complexity index is 515. The highest BCUT2D eigenvalue weighted by atomic mass is 16.3. The smallest absolute Gasteiger partial charge is 0.270 e. The van der Waals surface area contributed by atoms with Crippen molar-refractivity contribution in [1.29, 1.82) is 0 Å². The minimum Gasteiger partial charge on any atom is -0.465 e. The minimum absolute atomic E-state index is 0.181. The van der Waals surface area contributed by atoms with E-state index in [1.54, 1.807) is 18.2 Å². The Balaban J connectivity index is 1.93. The van der Waals surface area contributed by atoms with Crippen molar-refractivity contribution in [3.63, 3.8) is 0 Å². The summed E-state index contributed by atoms with van der Waals surface area (Å²) in [5, 5.41) is 13.8. The van der Waals surface area contributed by atoms with Crippen molar-refractivity contribution < 1.29 is 9.21 Å². The van der Waals surface area contributed by atoms with Crippen LogP contribution >= 0.6 is 0 Å². The maximum Gasteiger partial charge on any atom is 0.270 e. The first-order valence-corrected chi connectivity index (χ1v) is 5.08. The van der Waals surface area contributed by atoms with Crippen molar-refractivity contribution in [2.24, 2.45) is 0 Å². The molecule has 0 saturated heterocycles. The second kappa shape index (κ2) is 5.06.